The SMILES string of the molecule is CCCCCC[Si]1(CCCCCC)C=C(c2ccccc2)C(c2ccccc2)=C1. The fourth-order valence-electron chi connectivity index (χ4n) is 4.66. The maximum absolute atomic E-state index is 2.77. The normalized spacial score (nSPS) is 15.2. The third kappa shape index (κ3) is 6.06. The Bertz CT molecular complexity index is 716. The van der Waals surface area contributed by atoms with Gasteiger partial charge in [0.2, 0.25) is 0 Å². The lowest BCUT2D eigenvalue weighted by Crippen LogP contribution is -2.28. The summed E-state index contributed by atoms with van der Waals surface area (Å²) in [5, 5.41) is 0. The summed E-state index contributed by atoms with van der Waals surface area (Å²) in [6.07, 6.45) is 11.0. The summed E-state index contributed by atoms with van der Waals surface area (Å²) in [6, 6.07) is 25.0. The van der Waals surface area contributed by atoms with Crippen LogP contribution in [0.15, 0.2) is 72.1 Å². The lowest BCUT2D eigenvalue weighted by Gasteiger charge is -2.23. The van der Waals surface area contributed by atoms with Gasteiger partial charge in [-0.15, -0.1) is 0 Å². The minimum absolute atomic E-state index is 1.32. The number of benzene rings is 2. The molecule has 1 heteroatoms. The standard InChI is InChI=1S/C28H38Si/c1-3-5-7-15-21-29(22-16-8-6-4-2)23-27(25-17-11-9-12-18-25)28(24-29)26-19-13-10-14-20-26/h9-14,17-20,23-24H,3-8,15-16,21-22H2,1-2H3. The highest BCUT2D eigenvalue weighted by atomic mass is 28.3. The van der Waals surface area contributed by atoms with Gasteiger partial charge in [-0.25, -0.2) is 0 Å². The number of allylic oxidation sites excluding steroid dienone is 2. The smallest absolute Gasteiger partial charge is 0.0819 e. The first-order valence-electron chi connectivity index (χ1n) is 11.8. The van der Waals surface area contributed by atoms with E-state index in [0.717, 1.165) is 0 Å². The molecule has 0 atom stereocenters. The van der Waals surface area contributed by atoms with Crippen LogP contribution in [0, 0.1) is 0 Å². The predicted octanol–water partition coefficient (Wildman–Crippen LogP) is 8.86. The average Bonchev–Trinajstić information content (AvgIpc) is 3.16. The van der Waals surface area contributed by atoms with Crippen LogP contribution in [0.5, 0.6) is 0 Å². The molecule has 1 aliphatic heterocycles. The second kappa shape index (κ2) is 11.4. The molecular formula is C28H38Si. The van der Waals surface area contributed by atoms with Crippen molar-refractivity contribution in [1.29, 1.82) is 0 Å². The third-order valence-corrected chi connectivity index (χ3v) is 10.6. The second-order valence-corrected chi connectivity index (χ2v) is 12.7. The topological polar surface area (TPSA) is 0 Å². The molecule has 0 saturated carbocycles. The molecule has 0 N–H and O–H groups in total. The predicted molar refractivity (Wildman–Crippen MR) is 132 cm³/mol. The summed E-state index contributed by atoms with van der Waals surface area (Å²) in [7, 11) is -1.55. The van der Waals surface area contributed by atoms with Crippen molar-refractivity contribution in [2.24, 2.45) is 0 Å². The summed E-state index contributed by atoms with van der Waals surface area (Å²) in [6.45, 7) is 4.63. The van der Waals surface area contributed by atoms with E-state index in [1.54, 1.807) is 0 Å². The van der Waals surface area contributed by atoms with Crippen LogP contribution < -0.4 is 0 Å². The van der Waals surface area contributed by atoms with Crippen LogP contribution in [0.1, 0.15) is 76.3 Å². The van der Waals surface area contributed by atoms with E-state index in [4.69, 9.17) is 0 Å². The molecule has 0 fully saturated rings. The molecule has 2 aromatic carbocycles. The molecule has 0 nitrogen and oxygen atoms in total. The zero-order chi connectivity index (χ0) is 20.4. The van der Waals surface area contributed by atoms with Crippen molar-refractivity contribution in [3.8, 4) is 0 Å². The first-order chi connectivity index (χ1) is 14.3. The Morgan fingerprint density at radius 3 is 1.31 bits per heavy atom. The molecule has 0 amide bonds. The third-order valence-electron chi connectivity index (χ3n) is 6.31. The van der Waals surface area contributed by atoms with Crippen molar-refractivity contribution in [2.75, 3.05) is 0 Å². The Kier molecular flexibility index (Phi) is 8.55. The molecule has 2 aromatic rings. The number of hydrogen-bond acceptors (Lipinski definition) is 0. The highest BCUT2D eigenvalue weighted by Crippen LogP contribution is 2.43. The summed E-state index contributed by atoms with van der Waals surface area (Å²) < 4.78 is 0. The lowest BCUT2D eigenvalue weighted by molar-refractivity contribution is 0.684. The maximum Gasteiger partial charge on any atom is 0.103 e. The van der Waals surface area contributed by atoms with Crippen molar-refractivity contribution < 1.29 is 0 Å². The monoisotopic (exact) mass is 402 g/mol. The van der Waals surface area contributed by atoms with Crippen molar-refractivity contribution in [3.05, 3.63) is 83.2 Å². The number of unbranched alkanes of at least 4 members (excludes halogenated alkanes) is 6. The molecule has 0 aliphatic carbocycles. The molecule has 29 heavy (non-hydrogen) atoms. The van der Waals surface area contributed by atoms with E-state index < -0.39 is 8.07 Å². The minimum Gasteiger partial charge on any atom is -0.0819 e. The Balaban J connectivity index is 1.93. The van der Waals surface area contributed by atoms with E-state index in [2.05, 4.69) is 85.9 Å². The highest BCUT2D eigenvalue weighted by molar-refractivity contribution is 6.92. The first kappa shape index (κ1) is 21.8. The quantitative estimate of drug-likeness (QED) is 0.246. The highest BCUT2D eigenvalue weighted by Gasteiger charge is 2.34. The first-order valence-corrected chi connectivity index (χ1v) is 14.4. The van der Waals surface area contributed by atoms with Gasteiger partial charge in [0, 0.05) is 0 Å². The maximum atomic E-state index is 2.77. The average molecular weight is 403 g/mol. The van der Waals surface area contributed by atoms with Crippen LogP contribution in [-0.4, -0.2) is 8.07 Å². The zero-order valence-electron chi connectivity index (χ0n) is 18.5. The van der Waals surface area contributed by atoms with Crippen molar-refractivity contribution in [2.45, 2.75) is 77.3 Å². The number of rotatable bonds is 12. The lowest BCUT2D eigenvalue weighted by atomic mass is 9.95. The molecule has 154 valence electrons. The van der Waals surface area contributed by atoms with Gasteiger partial charge >= 0.3 is 0 Å². The van der Waals surface area contributed by atoms with Gasteiger partial charge in [-0.2, -0.15) is 0 Å². The fraction of sp³-hybridized carbons (Fsp3) is 0.429. The summed E-state index contributed by atoms with van der Waals surface area (Å²) in [4.78, 5) is 0. The van der Waals surface area contributed by atoms with E-state index in [-0.39, 0.29) is 0 Å². The molecule has 1 heterocycles. The van der Waals surface area contributed by atoms with Crippen LogP contribution >= 0.6 is 0 Å². The van der Waals surface area contributed by atoms with Crippen molar-refractivity contribution in [3.63, 3.8) is 0 Å². The van der Waals surface area contributed by atoms with Crippen LogP contribution in [0.25, 0.3) is 11.1 Å². The summed E-state index contributed by atoms with van der Waals surface area (Å²) in [5.41, 5.74) is 11.3. The van der Waals surface area contributed by atoms with Crippen molar-refractivity contribution in [1.82, 2.24) is 0 Å². The van der Waals surface area contributed by atoms with E-state index in [9.17, 15) is 0 Å². The zero-order valence-corrected chi connectivity index (χ0v) is 19.5. The van der Waals surface area contributed by atoms with Crippen LogP contribution in [0.2, 0.25) is 12.1 Å². The summed E-state index contributed by atoms with van der Waals surface area (Å²) >= 11 is 0. The van der Waals surface area contributed by atoms with E-state index in [1.165, 1.54) is 85.7 Å². The van der Waals surface area contributed by atoms with E-state index in [1.807, 2.05) is 0 Å². The van der Waals surface area contributed by atoms with Crippen LogP contribution in [-0.2, 0) is 0 Å². The van der Waals surface area contributed by atoms with E-state index >= 15 is 0 Å². The molecule has 0 unspecified atom stereocenters. The Morgan fingerprint density at radius 2 is 0.931 bits per heavy atom. The van der Waals surface area contributed by atoms with Gasteiger partial charge < -0.3 is 0 Å². The van der Waals surface area contributed by atoms with Gasteiger partial charge in [0.1, 0.15) is 8.07 Å². The summed E-state index contributed by atoms with van der Waals surface area (Å²) in [5.74, 6) is 0. The Hall–Kier alpha value is -1.86. The van der Waals surface area contributed by atoms with Gasteiger partial charge in [-0.3, -0.25) is 0 Å². The van der Waals surface area contributed by atoms with Gasteiger partial charge in [0.25, 0.3) is 0 Å². The molecule has 0 spiro atoms. The molecule has 1 aliphatic rings. The largest absolute Gasteiger partial charge is 0.103 e. The van der Waals surface area contributed by atoms with Crippen molar-refractivity contribution >= 4 is 19.2 Å². The van der Waals surface area contributed by atoms with Gasteiger partial charge in [0.15, 0.2) is 0 Å². The minimum atomic E-state index is -1.55. The Labute approximate surface area is 179 Å². The number of hydrogen-bond donors (Lipinski definition) is 0. The van der Waals surface area contributed by atoms with E-state index in [0.29, 0.717) is 0 Å². The van der Waals surface area contributed by atoms with Crippen LogP contribution in [0.4, 0.5) is 0 Å². The van der Waals surface area contributed by atoms with Gasteiger partial charge in [-0.05, 0) is 22.3 Å². The Morgan fingerprint density at radius 1 is 0.517 bits per heavy atom. The molecule has 0 aromatic heterocycles. The van der Waals surface area contributed by atoms with Gasteiger partial charge in [0.05, 0.1) is 0 Å². The van der Waals surface area contributed by atoms with Gasteiger partial charge in [-0.1, -0.05) is 149 Å². The molecule has 0 radical (unpaired) electrons. The molecular weight excluding hydrogens is 364 g/mol. The molecule has 3 rings (SSSR count). The molecule has 0 saturated heterocycles. The fourth-order valence-corrected chi connectivity index (χ4v) is 9.18. The van der Waals surface area contributed by atoms with Crippen LogP contribution in [0.3, 0.4) is 0 Å². The second-order valence-electron chi connectivity index (χ2n) is 8.70. The molecule has 0 bridgehead atoms.